The lowest BCUT2D eigenvalue weighted by Crippen LogP contribution is -2.25. The van der Waals surface area contributed by atoms with Gasteiger partial charge in [-0.2, -0.15) is 0 Å². The summed E-state index contributed by atoms with van der Waals surface area (Å²) in [6, 6.07) is 2.14. The van der Waals surface area contributed by atoms with Gasteiger partial charge in [0.15, 0.2) is 0 Å². The van der Waals surface area contributed by atoms with Crippen LogP contribution in [0.1, 0.15) is 18.5 Å². The van der Waals surface area contributed by atoms with Gasteiger partial charge >= 0.3 is 0 Å². The zero-order valence-electron chi connectivity index (χ0n) is 12.4. The van der Waals surface area contributed by atoms with Crippen LogP contribution in [0.15, 0.2) is 23.8 Å². The van der Waals surface area contributed by atoms with Gasteiger partial charge in [0.25, 0.3) is 0 Å². The molecule has 5 nitrogen and oxygen atoms in total. The van der Waals surface area contributed by atoms with Gasteiger partial charge < -0.3 is 19.1 Å². The van der Waals surface area contributed by atoms with Gasteiger partial charge in [0.05, 0.1) is 24.1 Å². The third kappa shape index (κ3) is 3.08. The third-order valence-electron chi connectivity index (χ3n) is 3.54. The van der Waals surface area contributed by atoms with E-state index in [-0.39, 0.29) is 18.8 Å². The molecule has 1 N–H and O–H groups in total. The number of hydrogen-bond donors (Lipinski definition) is 1. The Hall–Kier alpha value is -1.65. The van der Waals surface area contributed by atoms with Crippen molar-refractivity contribution in [3.8, 4) is 22.5 Å². The zero-order valence-corrected chi connectivity index (χ0v) is 13.2. The van der Waals surface area contributed by atoms with Gasteiger partial charge in [-0.25, -0.2) is 4.98 Å². The molecule has 116 valence electrons. The summed E-state index contributed by atoms with van der Waals surface area (Å²) in [7, 11) is 0. The van der Waals surface area contributed by atoms with Crippen LogP contribution in [-0.4, -0.2) is 47.2 Å². The van der Waals surface area contributed by atoms with Gasteiger partial charge in [0.1, 0.15) is 18.5 Å². The van der Waals surface area contributed by atoms with Crippen LogP contribution in [0, 0.1) is 11.8 Å². The molecule has 0 aromatic carbocycles. The van der Waals surface area contributed by atoms with Crippen LogP contribution in [0.4, 0.5) is 0 Å². The van der Waals surface area contributed by atoms with Crippen molar-refractivity contribution in [1.82, 2.24) is 9.55 Å². The third-order valence-corrected chi connectivity index (χ3v) is 4.46. The average molecular weight is 318 g/mol. The molecule has 2 aromatic rings. The number of rotatable bonds is 4. The van der Waals surface area contributed by atoms with Crippen LogP contribution < -0.4 is 0 Å². The molecule has 0 bridgehead atoms. The molecule has 0 radical (unpaired) electrons. The summed E-state index contributed by atoms with van der Waals surface area (Å²) in [4.78, 5) is 5.53. The van der Waals surface area contributed by atoms with Gasteiger partial charge in [-0.05, 0) is 13.0 Å². The first-order chi connectivity index (χ1) is 10.8. The van der Waals surface area contributed by atoms with Crippen molar-refractivity contribution in [3.63, 3.8) is 0 Å². The minimum atomic E-state index is -0.130. The molecule has 1 aliphatic rings. The molecular weight excluding hydrogens is 300 g/mol. The molecule has 3 heterocycles. The summed E-state index contributed by atoms with van der Waals surface area (Å²) in [5, 5.41) is 10.7. The smallest absolute Gasteiger partial charge is 0.150 e. The Morgan fingerprint density at radius 1 is 1.55 bits per heavy atom. The molecule has 1 aliphatic heterocycles. The van der Waals surface area contributed by atoms with Crippen LogP contribution in [0.2, 0.25) is 0 Å². The van der Waals surface area contributed by atoms with Gasteiger partial charge in [-0.1, -0.05) is 11.8 Å². The zero-order chi connectivity index (χ0) is 15.4. The predicted molar refractivity (Wildman–Crippen MR) is 84.8 cm³/mol. The highest BCUT2D eigenvalue weighted by Gasteiger charge is 2.31. The summed E-state index contributed by atoms with van der Waals surface area (Å²) >= 11 is 1.60. The van der Waals surface area contributed by atoms with E-state index in [1.54, 1.807) is 17.5 Å². The van der Waals surface area contributed by atoms with Gasteiger partial charge in [0.2, 0.25) is 0 Å². The van der Waals surface area contributed by atoms with Gasteiger partial charge in [0, 0.05) is 29.9 Å². The van der Waals surface area contributed by atoms with Crippen LogP contribution in [-0.2, 0) is 9.47 Å². The maximum Gasteiger partial charge on any atom is 0.150 e. The van der Waals surface area contributed by atoms with Crippen molar-refractivity contribution < 1.29 is 14.6 Å². The normalized spacial score (nSPS) is 20.8. The van der Waals surface area contributed by atoms with Crippen molar-refractivity contribution in [1.29, 1.82) is 0 Å². The first kappa shape index (κ1) is 15.3. The SMILES string of the molecule is CCO[C@H]1COC[C@@H]1n1ccnc1-c1cc(C#CCO)cs1. The van der Waals surface area contributed by atoms with Crippen LogP contribution in [0.3, 0.4) is 0 Å². The Balaban J connectivity index is 1.87. The fourth-order valence-corrected chi connectivity index (χ4v) is 3.43. The van der Waals surface area contributed by atoms with E-state index < -0.39 is 0 Å². The number of ether oxygens (including phenoxy) is 2. The van der Waals surface area contributed by atoms with E-state index in [1.807, 2.05) is 24.6 Å². The van der Waals surface area contributed by atoms with Gasteiger partial charge in [-0.3, -0.25) is 0 Å². The second kappa shape index (κ2) is 7.07. The summed E-state index contributed by atoms with van der Waals surface area (Å²) in [6.45, 7) is 3.80. The van der Waals surface area contributed by atoms with Crippen molar-refractivity contribution in [2.75, 3.05) is 26.4 Å². The largest absolute Gasteiger partial charge is 0.384 e. The van der Waals surface area contributed by atoms with E-state index >= 15 is 0 Å². The minimum absolute atomic E-state index is 0.0616. The molecule has 0 saturated carbocycles. The highest BCUT2D eigenvalue weighted by atomic mass is 32.1. The maximum atomic E-state index is 8.77. The lowest BCUT2D eigenvalue weighted by molar-refractivity contribution is 0.0364. The summed E-state index contributed by atoms with van der Waals surface area (Å²) in [6.07, 6.45) is 3.83. The fourth-order valence-electron chi connectivity index (χ4n) is 2.59. The number of hydrogen-bond acceptors (Lipinski definition) is 5. The molecule has 1 saturated heterocycles. The van der Waals surface area contributed by atoms with E-state index in [2.05, 4.69) is 21.4 Å². The van der Waals surface area contributed by atoms with Crippen molar-refractivity contribution in [2.24, 2.45) is 0 Å². The molecule has 0 aliphatic carbocycles. The van der Waals surface area contributed by atoms with Crippen molar-refractivity contribution in [3.05, 3.63) is 29.4 Å². The van der Waals surface area contributed by atoms with E-state index in [0.29, 0.717) is 19.8 Å². The van der Waals surface area contributed by atoms with E-state index in [9.17, 15) is 0 Å². The average Bonchev–Trinajstić information content (AvgIpc) is 3.24. The molecule has 22 heavy (non-hydrogen) atoms. The number of aliphatic hydroxyl groups excluding tert-OH is 1. The number of nitrogens with zero attached hydrogens (tertiary/aromatic N) is 2. The van der Waals surface area contributed by atoms with E-state index in [1.165, 1.54) is 0 Å². The highest BCUT2D eigenvalue weighted by molar-refractivity contribution is 7.13. The summed E-state index contributed by atoms with van der Waals surface area (Å²) < 4.78 is 13.5. The Morgan fingerprint density at radius 2 is 2.45 bits per heavy atom. The lowest BCUT2D eigenvalue weighted by atomic mass is 10.2. The molecule has 0 unspecified atom stereocenters. The monoisotopic (exact) mass is 318 g/mol. The molecule has 2 aromatic heterocycles. The van der Waals surface area contributed by atoms with Crippen LogP contribution in [0.25, 0.3) is 10.7 Å². The summed E-state index contributed by atoms with van der Waals surface area (Å²) in [5.74, 6) is 6.49. The molecule has 2 atom stereocenters. The highest BCUT2D eigenvalue weighted by Crippen LogP contribution is 2.31. The first-order valence-electron chi connectivity index (χ1n) is 7.24. The molecular formula is C16H18N2O3S. The predicted octanol–water partition coefficient (Wildman–Crippen LogP) is 1.93. The minimum Gasteiger partial charge on any atom is -0.384 e. The molecule has 1 fully saturated rings. The molecule has 6 heteroatoms. The second-order valence-electron chi connectivity index (χ2n) is 4.92. The molecule has 0 amide bonds. The van der Waals surface area contributed by atoms with Gasteiger partial charge in [-0.15, -0.1) is 11.3 Å². The van der Waals surface area contributed by atoms with Crippen LogP contribution >= 0.6 is 11.3 Å². The first-order valence-corrected chi connectivity index (χ1v) is 8.12. The number of aromatic nitrogens is 2. The number of imidazole rings is 1. The molecule has 0 spiro atoms. The maximum absolute atomic E-state index is 8.77. The quantitative estimate of drug-likeness (QED) is 0.875. The molecule has 3 rings (SSSR count). The lowest BCUT2D eigenvalue weighted by Gasteiger charge is -2.20. The van der Waals surface area contributed by atoms with Crippen LogP contribution in [0.5, 0.6) is 0 Å². The van der Waals surface area contributed by atoms with Crippen molar-refractivity contribution >= 4 is 11.3 Å². The van der Waals surface area contributed by atoms with E-state index in [0.717, 1.165) is 16.3 Å². The Morgan fingerprint density at radius 3 is 3.27 bits per heavy atom. The van der Waals surface area contributed by atoms with Crippen molar-refractivity contribution in [2.45, 2.75) is 19.1 Å². The fraction of sp³-hybridized carbons (Fsp3) is 0.438. The number of aliphatic hydroxyl groups is 1. The van der Waals surface area contributed by atoms with E-state index in [4.69, 9.17) is 14.6 Å². The second-order valence-corrected chi connectivity index (χ2v) is 5.83. The summed E-state index contributed by atoms with van der Waals surface area (Å²) in [5.41, 5.74) is 0.896. The Labute approximate surface area is 133 Å². The number of thiophene rings is 1. The Bertz CT molecular complexity index is 683. The topological polar surface area (TPSA) is 56.5 Å². The Kier molecular flexibility index (Phi) is 4.90. The standard InChI is InChI=1S/C16H18N2O3S/c1-2-21-14-10-20-9-13(14)18-6-5-17-16(18)15-8-12(11-22-15)4-3-7-19/h5-6,8,11,13-14,19H,2,7,9-10H2,1H3/t13-,14-/m0/s1.